The van der Waals surface area contributed by atoms with Gasteiger partial charge in [0.2, 0.25) is 0 Å². The normalized spacial score (nSPS) is 11.0. The Morgan fingerprint density at radius 3 is 2.63 bits per heavy atom. The Labute approximate surface area is 175 Å². The number of nitrogens with one attached hydrogen (secondary N) is 1. The van der Waals surface area contributed by atoms with Crippen LogP contribution in [0.1, 0.15) is 26.6 Å². The highest BCUT2D eigenvalue weighted by Crippen LogP contribution is 2.35. The van der Waals surface area contributed by atoms with Crippen molar-refractivity contribution in [1.29, 1.82) is 0 Å². The minimum Gasteiger partial charge on any atom is -0.454 e. The fraction of sp³-hybridized carbons (Fsp3) is 0.136. The van der Waals surface area contributed by atoms with Crippen LogP contribution in [0.25, 0.3) is 21.3 Å². The van der Waals surface area contributed by atoms with E-state index in [1.54, 1.807) is 0 Å². The van der Waals surface area contributed by atoms with E-state index in [-0.39, 0.29) is 29.2 Å². The van der Waals surface area contributed by atoms with E-state index in [1.807, 2.05) is 38.1 Å². The summed E-state index contributed by atoms with van der Waals surface area (Å²) < 4.78 is 18.4. The second-order valence-corrected chi connectivity index (χ2v) is 8.10. The van der Waals surface area contributed by atoms with Crippen LogP contribution in [0.15, 0.2) is 47.3 Å². The number of ether oxygens (including phenoxy) is 1. The summed E-state index contributed by atoms with van der Waals surface area (Å²) in [5, 5.41) is 0.513. The van der Waals surface area contributed by atoms with Gasteiger partial charge in [-0.2, -0.15) is 0 Å². The molecule has 2 heterocycles. The average molecular weight is 423 g/mol. The molecule has 0 atom stereocenters. The maximum absolute atomic E-state index is 13.2. The third-order valence-electron chi connectivity index (χ3n) is 4.70. The number of fused-ring (bicyclic) bond motifs is 1. The molecule has 152 valence electrons. The highest BCUT2D eigenvalue weighted by atomic mass is 32.1. The van der Waals surface area contributed by atoms with E-state index in [1.165, 1.54) is 17.4 Å². The third-order valence-corrected chi connectivity index (χ3v) is 5.70. The van der Waals surface area contributed by atoms with Gasteiger partial charge in [-0.3, -0.25) is 4.79 Å². The summed E-state index contributed by atoms with van der Waals surface area (Å²) in [6.07, 6.45) is 0. The molecule has 0 spiro atoms. The molecule has 0 unspecified atom stereocenters. The van der Waals surface area contributed by atoms with Gasteiger partial charge in [-0.05, 0) is 37.6 Å². The van der Waals surface area contributed by atoms with Crippen LogP contribution in [0.2, 0.25) is 0 Å². The van der Waals surface area contributed by atoms with Crippen LogP contribution in [0.3, 0.4) is 0 Å². The zero-order valence-corrected chi connectivity index (χ0v) is 17.1. The SMILES string of the molecule is Cc1ccc(-c2c(C)sc3nc(COC(=O)c4ccc(F)cc4N)[nH]c(=O)c23)cc1. The van der Waals surface area contributed by atoms with E-state index in [4.69, 9.17) is 10.5 Å². The summed E-state index contributed by atoms with van der Waals surface area (Å²) in [5.41, 5.74) is 8.33. The maximum atomic E-state index is 13.2. The number of aryl methyl sites for hydroxylation is 2. The minimum atomic E-state index is -0.724. The van der Waals surface area contributed by atoms with Gasteiger partial charge in [-0.15, -0.1) is 11.3 Å². The average Bonchev–Trinajstić information content (AvgIpc) is 3.03. The number of rotatable bonds is 4. The molecule has 4 aromatic rings. The van der Waals surface area contributed by atoms with E-state index in [0.29, 0.717) is 10.2 Å². The van der Waals surface area contributed by atoms with Crippen LogP contribution < -0.4 is 11.3 Å². The smallest absolute Gasteiger partial charge is 0.340 e. The predicted molar refractivity (Wildman–Crippen MR) is 115 cm³/mol. The summed E-state index contributed by atoms with van der Waals surface area (Å²) >= 11 is 1.41. The molecule has 0 fully saturated rings. The van der Waals surface area contributed by atoms with Gasteiger partial charge in [0.15, 0.2) is 0 Å². The quantitative estimate of drug-likeness (QED) is 0.376. The van der Waals surface area contributed by atoms with Crippen molar-refractivity contribution in [3.05, 3.63) is 80.5 Å². The lowest BCUT2D eigenvalue weighted by Crippen LogP contribution is -2.15. The second-order valence-electron chi connectivity index (χ2n) is 6.90. The summed E-state index contributed by atoms with van der Waals surface area (Å²) in [6, 6.07) is 11.4. The number of nitrogens with two attached hydrogens (primary N) is 1. The predicted octanol–water partition coefficient (Wildman–Crippen LogP) is 4.35. The number of halogens is 1. The van der Waals surface area contributed by atoms with Crippen molar-refractivity contribution in [3.8, 4) is 11.1 Å². The number of hydrogen-bond donors (Lipinski definition) is 2. The van der Waals surface area contributed by atoms with Crippen molar-refractivity contribution >= 4 is 33.2 Å². The minimum absolute atomic E-state index is 0.0199. The molecule has 0 aliphatic rings. The molecule has 0 bridgehead atoms. The Balaban J connectivity index is 1.63. The number of carbonyl (C=O) groups excluding carboxylic acids is 1. The van der Waals surface area contributed by atoms with Crippen LogP contribution in [0.4, 0.5) is 10.1 Å². The fourth-order valence-electron chi connectivity index (χ4n) is 3.23. The number of thiophene rings is 1. The molecule has 2 aromatic carbocycles. The first-order chi connectivity index (χ1) is 14.3. The molecule has 6 nitrogen and oxygen atoms in total. The number of hydrogen-bond acceptors (Lipinski definition) is 6. The molecule has 0 aliphatic carbocycles. The van der Waals surface area contributed by atoms with E-state index in [0.717, 1.165) is 33.7 Å². The Morgan fingerprint density at radius 2 is 1.93 bits per heavy atom. The van der Waals surface area contributed by atoms with Crippen molar-refractivity contribution in [1.82, 2.24) is 9.97 Å². The van der Waals surface area contributed by atoms with Crippen LogP contribution in [0, 0.1) is 19.7 Å². The van der Waals surface area contributed by atoms with Crippen molar-refractivity contribution in [2.45, 2.75) is 20.5 Å². The molecule has 8 heteroatoms. The summed E-state index contributed by atoms with van der Waals surface area (Å²) in [4.78, 5) is 33.7. The lowest BCUT2D eigenvalue weighted by Gasteiger charge is -2.07. The first kappa shape index (κ1) is 19.8. The first-order valence-electron chi connectivity index (χ1n) is 9.15. The van der Waals surface area contributed by atoms with Crippen LogP contribution in [0.5, 0.6) is 0 Å². The Bertz CT molecular complexity index is 1330. The lowest BCUT2D eigenvalue weighted by molar-refractivity contribution is 0.0463. The second kappa shape index (κ2) is 7.72. The van der Waals surface area contributed by atoms with Gasteiger partial charge in [0.1, 0.15) is 23.1 Å². The molecule has 0 radical (unpaired) electrons. The third kappa shape index (κ3) is 3.69. The van der Waals surface area contributed by atoms with Gasteiger partial charge in [0, 0.05) is 16.1 Å². The number of aromatic amines is 1. The van der Waals surface area contributed by atoms with Crippen molar-refractivity contribution in [2.24, 2.45) is 0 Å². The molecule has 0 saturated carbocycles. The van der Waals surface area contributed by atoms with Crippen molar-refractivity contribution in [3.63, 3.8) is 0 Å². The van der Waals surface area contributed by atoms with Crippen molar-refractivity contribution < 1.29 is 13.9 Å². The summed E-state index contributed by atoms with van der Waals surface area (Å²) in [7, 11) is 0. The lowest BCUT2D eigenvalue weighted by atomic mass is 10.0. The number of aromatic nitrogens is 2. The number of H-pyrrole nitrogens is 1. The van der Waals surface area contributed by atoms with Gasteiger partial charge in [0.25, 0.3) is 5.56 Å². The molecular formula is C22H18FN3O3S. The van der Waals surface area contributed by atoms with Gasteiger partial charge in [-0.25, -0.2) is 14.2 Å². The van der Waals surface area contributed by atoms with E-state index >= 15 is 0 Å². The molecule has 2 aromatic heterocycles. The molecule has 0 aliphatic heterocycles. The molecular weight excluding hydrogens is 405 g/mol. The van der Waals surface area contributed by atoms with E-state index in [2.05, 4.69) is 9.97 Å². The first-order valence-corrected chi connectivity index (χ1v) is 9.96. The Morgan fingerprint density at radius 1 is 1.20 bits per heavy atom. The Hall–Kier alpha value is -3.52. The standard InChI is InChI=1S/C22H18FN3O3S/c1-11-3-5-13(6-4-11)18-12(2)30-21-19(18)20(27)25-17(26-21)10-29-22(28)15-8-7-14(23)9-16(15)24/h3-9H,10,24H2,1-2H3,(H,25,26,27). The highest BCUT2D eigenvalue weighted by molar-refractivity contribution is 7.19. The molecule has 30 heavy (non-hydrogen) atoms. The van der Waals surface area contributed by atoms with Gasteiger partial charge < -0.3 is 15.5 Å². The zero-order chi connectivity index (χ0) is 21.4. The number of esters is 1. The van der Waals surface area contributed by atoms with E-state index in [9.17, 15) is 14.0 Å². The van der Waals surface area contributed by atoms with E-state index < -0.39 is 11.8 Å². The topological polar surface area (TPSA) is 98.1 Å². The maximum Gasteiger partial charge on any atom is 0.340 e. The Kier molecular flexibility index (Phi) is 5.09. The van der Waals surface area contributed by atoms with Gasteiger partial charge >= 0.3 is 5.97 Å². The summed E-state index contributed by atoms with van der Waals surface area (Å²) in [6.45, 7) is 3.71. The number of nitrogen functional groups attached to an aromatic ring is 1. The fourth-order valence-corrected chi connectivity index (χ4v) is 4.30. The number of anilines is 1. The van der Waals surface area contributed by atoms with Crippen LogP contribution >= 0.6 is 11.3 Å². The summed E-state index contributed by atoms with van der Waals surface area (Å²) in [5.74, 6) is -1.05. The number of benzene rings is 2. The molecule has 3 N–H and O–H groups in total. The molecule has 0 amide bonds. The number of nitrogens with zero attached hydrogens (tertiary/aromatic N) is 1. The highest BCUT2D eigenvalue weighted by Gasteiger charge is 2.18. The largest absolute Gasteiger partial charge is 0.454 e. The number of carbonyl (C=O) groups is 1. The molecule has 4 rings (SSSR count). The van der Waals surface area contributed by atoms with Gasteiger partial charge in [-0.1, -0.05) is 29.8 Å². The zero-order valence-electron chi connectivity index (χ0n) is 16.3. The monoisotopic (exact) mass is 423 g/mol. The van der Waals surface area contributed by atoms with Gasteiger partial charge in [0.05, 0.1) is 10.9 Å². The van der Waals surface area contributed by atoms with Crippen LogP contribution in [-0.2, 0) is 11.3 Å². The van der Waals surface area contributed by atoms with Crippen molar-refractivity contribution in [2.75, 3.05) is 5.73 Å². The molecule has 0 saturated heterocycles. The van der Waals surface area contributed by atoms with Crippen LogP contribution in [-0.4, -0.2) is 15.9 Å².